The smallest absolute Gasteiger partial charge is 0.230 e. The number of thioether (sulfide) groups is 1. The van der Waals surface area contributed by atoms with Crippen molar-refractivity contribution in [1.82, 2.24) is 5.32 Å². The van der Waals surface area contributed by atoms with E-state index in [2.05, 4.69) is 19.2 Å². The molecule has 0 spiro atoms. The van der Waals surface area contributed by atoms with Crippen LogP contribution >= 0.6 is 23.4 Å². The summed E-state index contributed by atoms with van der Waals surface area (Å²) in [4.78, 5) is 11.8. The van der Waals surface area contributed by atoms with E-state index in [9.17, 15) is 9.90 Å². The Hall–Kier alpha value is -0.710. The lowest BCUT2D eigenvalue weighted by Crippen LogP contribution is -2.39. The average Bonchev–Trinajstić information content (AvgIpc) is 2.39. The minimum Gasteiger partial charge on any atom is -0.394 e. The van der Waals surface area contributed by atoms with Crippen LogP contribution in [-0.4, -0.2) is 29.4 Å². The molecule has 1 rings (SSSR count). The van der Waals surface area contributed by atoms with Crippen molar-refractivity contribution in [2.75, 3.05) is 12.4 Å². The van der Waals surface area contributed by atoms with Crippen molar-refractivity contribution in [3.8, 4) is 0 Å². The molecule has 1 aromatic carbocycles. The Morgan fingerprint density at radius 1 is 1.35 bits per heavy atom. The topological polar surface area (TPSA) is 49.3 Å². The van der Waals surface area contributed by atoms with E-state index in [1.165, 1.54) is 0 Å². The number of hydrogen-bond donors (Lipinski definition) is 2. The van der Waals surface area contributed by atoms with Crippen molar-refractivity contribution in [2.45, 2.75) is 32.1 Å². The molecular formula is C15H22ClNO2S. The third-order valence-electron chi connectivity index (χ3n) is 2.76. The van der Waals surface area contributed by atoms with E-state index < -0.39 is 0 Å². The van der Waals surface area contributed by atoms with Crippen LogP contribution in [0.25, 0.3) is 0 Å². The summed E-state index contributed by atoms with van der Waals surface area (Å²) in [6.07, 6.45) is 0.796. The Balaban J connectivity index is 2.27. The van der Waals surface area contributed by atoms with Gasteiger partial charge < -0.3 is 10.4 Å². The first kappa shape index (κ1) is 17.3. The quantitative estimate of drug-likeness (QED) is 0.775. The van der Waals surface area contributed by atoms with Crippen molar-refractivity contribution >= 4 is 29.3 Å². The summed E-state index contributed by atoms with van der Waals surface area (Å²) < 4.78 is 0. The number of aliphatic hydroxyl groups is 1. The fraction of sp³-hybridized carbons (Fsp3) is 0.533. The van der Waals surface area contributed by atoms with Gasteiger partial charge in [0.1, 0.15) is 0 Å². The van der Waals surface area contributed by atoms with E-state index in [0.29, 0.717) is 11.7 Å². The summed E-state index contributed by atoms with van der Waals surface area (Å²) in [6, 6.07) is 7.48. The molecule has 0 aliphatic heterocycles. The first-order chi connectivity index (χ1) is 9.51. The second-order valence-corrected chi connectivity index (χ2v) is 6.62. The van der Waals surface area contributed by atoms with E-state index >= 15 is 0 Å². The Labute approximate surface area is 130 Å². The van der Waals surface area contributed by atoms with Crippen molar-refractivity contribution in [3.63, 3.8) is 0 Å². The van der Waals surface area contributed by atoms with Crippen LogP contribution in [0.5, 0.6) is 0 Å². The van der Waals surface area contributed by atoms with Crippen LogP contribution in [0.1, 0.15) is 25.8 Å². The van der Waals surface area contributed by atoms with Crippen LogP contribution in [0.4, 0.5) is 0 Å². The van der Waals surface area contributed by atoms with Crippen molar-refractivity contribution in [2.24, 2.45) is 5.92 Å². The third kappa shape index (κ3) is 7.17. The van der Waals surface area contributed by atoms with E-state index in [4.69, 9.17) is 11.6 Å². The molecule has 1 amide bonds. The van der Waals surface area contributed by atoms with Crippen LogP contribution in [0.2, 0.25) is 5.02 Å². The minimum absolute atomic E-state index is 0.00816. The molecule has 0 heterocycles. The molecule has 0 aliphatic carbocycles. The molecular weight excluding hydrogens is 294 g/mol. The number of halogens is 1. The molecule has 0 aromatic heterocycles. The van der Waals surface area contributed by atoms with Gasteiger partial charge in [0, 0.05) is 10.8 Å². The molecule has 5 heteroatoms. The van der Waals surface area contributed by atoms with Crippen molar-refractivity contribution < 1.29 is 9.90 Å². The van der Waals surface area contributed by atoms with Crippen LogP contribution in [0.3, 0.4) is 0 Å². The zero-order valence-electron chi connectivity index (χ0n) is 11.9. The second-order valence-electron chi connectivity index (χ2n) is 5.20. The minimum atomic E-state index is -0.140. The van der Waals surface area contributed by atoms with Gasteiger partial charge in [-0.2, -0.15) is 0 Å². The van der Waals surface area contributed by atoms with E-state index in [1.54, 1.807) is 11.8 Å². The highest BCUT2D eigenvalue weighted by atomic mass is 35.5. The SMILES string of the molecule is CC(C)CC(CO)NC(=O)CSCc1ccc(Cl)cc1. The number of carbonyl (C=O) groups excluding carboxylic acids is 1. The van der Waals surface area contributed by atoms with E-state index in [0.717, 1.165) is 22.8 Å². The number of aliphatic hydroxyl groups excluding tert-OH is 1. The third-order valence-corrected chi connectivity index (χ3v) is 4.01. The van der Waals surface area contributed by atoms with Gasteiger partial charge in [-0.1, -0.05) is 37.6 Å². The number of amides is 1. The van der Waals surface area contributed by atoms with Gasteiger partial charge in [-0.15, -0.1) is 11.8 Å². The average molecular weight is 316 g/mol. The lowest BCUT2D eigenvalue weighted by Gasteiger charge is -2.18. The number of rotatable bonds is 8. The van der Waals surface area contributed by atoms with Gasteiger partial charge in [0.2, 0.25) is 5.91 Å². The molecule has 0 radical (unpaired) electrons. The summed E-state index contributed by atoms with van der Waals surface area (Å²) in [6.45, 7) is 4.14. The Morgan fingerprint density at radius 3 is 2.55 bits per heavy atom. The van der Waals surface area contributed by atoms with Gasteiger partial charge in [0.05, 0.1) is 18.4 Å². The molecule has 2 N–H and O–H groups in total. The fourth-order valence-electron chi connectivity index (χ4n) is 1.86. The standard InChI is InChI=1S/C15H22ClNO2S/c1-11(2)7-14(8-18)17-15(19)10-20-9-12-3-5-13(16)6-4-12/h3-6,11,14,18H,7-10H2,1-2H3,(H,17,19). The van der Waals surface area contributed by atoms with Gasteiger partial charge >= 0.3 is 0 Å². The van der Waals surface area contributed by atoms with Gasteiger partial charge in [-0.3, -0.25) is 4.79 Å². The highest BCUT2D eigenvalue weighted by molar-refractivity contribution is 7.99. The summed E-state index contributed by atoms with van der Waals surface area (Å²) >= 11 is 7.37. The first-order valence-corrected chi connectivity index (χ1v) is 8.27. The molecule has 112 valence electrons. The maximum Gasteiger partial charge on any atom is 0.230 e. The molecule has 1 unspecified atom stereocenters. The molecule has 1 atom stereocenters. The summed E-state index contributed by atoms with van der Waals surface area (Å²) in [5.41, 5.74) is 1.15. The predicted octanol–water partition coefficient (Wildman–Crippen LogP) is 3.10. The summed E-state index contributed by atoms with van der Waals surface area (Å²) in [7, 11) is 0. The van der Waals surface area contributed by atoms with E-state index in [-0.39, 0.29) is 18.6 Å². The molecule has 0 aliphatic rings. The first-order valence-electron chi connectivity index (χ1n) is 6.73. The number of benzene rings is 1. The molecule has 0 saturated carbocycles. The van der Waals surface area contributed by atoms with Crippen LogP contribution < -0.4 is 5.32 Å². The van der Waals surface area contributed by atoms with Gasteiger partial charge in [-0.25, -0.2) is 0 Å². The molecule has 20 heavy (non-hydrogen) atoms. The normalized spacial score (nSPS) is 12.4. The monoisotopic (exact) mass is 315 g/mol. The Bertz CT molecular complexity index is 409. The van der Waals surface area contributed by atoms with Gasteiger partial charge in [0.15, 0.2) is 0 Å². The lowest BCUT2D eigenvalue weighted by atomic mass is 10.0. The lowest BCUT2D eigenvalue weighted by molar-refractivity contribution is -0.119. The highest BCUT2D eigenvalue weighted by Crippen LogP contribution is 2.15. The van der Waals surface area contributed by atoms with Gasteiger partial charge in [-0.05, 0) is 30.0 Å². The van der Waals surface area contributed by atoms with Crippen LogP contribution in [0.15, 0.2) is 24.3 Å². The Kier molecular flexibility index (Phi) is 8.04. The van der Waals surface area contributed by atoms with Crippen LogP contribution in [0, 0.1) is 5.92 Å². The fourth-order valence-corrected chi connectivity index (χ4v) is 2.78. The zero-order valence-corrected chi connectivity index (χ0v) is 13.5. The number of hydrogen-bond acceptors (Lipinski definition) is 3. The van der Waals surface area contributed by atoms with Crippen LogP contribution in [-0.2, 0) is 10.5 Å². The Morgan fingerprint density at radius 2 is 2.00 bits per heavy atom. The van der Waals surface area contributed by atoms with Gasteiger partial charge in [0.25, 0.3) is 0 Å². The number of carbonyl (C=O) groups is 1. The molecule has 0 fully saturated rings. The van der Waals surface area contributed by atoms with Crippen molar-refractivity contribution in [3.05, 3.63) is 34.9 Å². The van der Waals surface area contributed by atoms with E-state index in [1.807, 2.05) is 24.3 Å². The summed E-state index contributed by atoms with van der Waals surface area (Å²) in [5.74, 6) is 1.60. The molecule has 3 nitrogen and oxygen atoms in total. The predicted molar refractivity (Wildman–Crippen MR) is 86.1 cm³/mol. The maximum absolute atomic E-state index is 11.8. The summed E-state index contributed by atoms with van der Waals surface area (Å²) in [5, 5.41) is 12.8. The molecule has 0 saturated heterocycles. The molecule has 0 bridgehead atoms. The zero-order chi connectivity index (χ0) is 15.0. The van der Waals surface area contributed by atoms with Crippen molar-refractivity contribution in [1.29, 1.82) is 0 Å². The number of nitrogens with one attached hydrogen (secondary N) is 1. The second kappa shape index (κ2) is 9.27. The molecule has 1 aromatic rings. The largest absolute Gasteiger partial charge is 0.394 e. The maximum atomic E-state index is 11.8. The highest BCUT2D eigenvalue weighted by Gasteiger charge is 2.12.